The molecule has 2 bridgehead atoms. The van der Waals surface area contributed by atoms with Gasteiger partial charge in [-0.3, -0.25) is 9.59 Å². The molecule has 4 rings (SSSR count). The maximum Gasteiger partial charge on any atom is 0.312 e. The van der Waals surface area contributed by atoms with E-state index in [1.54, 1.807) is 11.8 Å². The van der Waals surface area contributed by atoms with Crippen LogP contribution in [0.4, 0.5) is 0 Å². The molecule has 0 N–H and O–H groups in total. The van der Waals surface area contributed by atoms with E-state index in [9.17, 15) is 9.59 Å². The molecule has 108 valence electrons. The molecule has 4 aliphatic rings. The van der Waals surface area contributed by atoms with E-state index >= 15 is 0 Å². The summed E-state index contributed by atoms with van der Waals surface area (Å²) < 4.78 is 16.9. The van der Waals surface area contributed by atoms with E-state index in [0.29, 0.717) is 19.8 Å². The summed E-state index contributed by atoms with van der Waals surface area (Å²) in [4.78, 5) is 26.5. The molecule has 6 heteroatoms. The Balaban J connectivity index is 1.73. The molecule has 20 heavy (non-hydrogen) atoms. The first-order valence-electron chi connectivity index (χ1n) is 7.15. The summed E-state index contributed by atoms with van der Waals surface area (Å²) >= 11 is 0. The van der Waals surface area contributed by atoms with Gasteiger partial charge < -0.3 is 19.1 Å². The Hall–Kier alpha value is -1.40. The highest BCUT2D eigenvalue weighted by molar-refractivity contribution is 5.91. The predicted octanol–water partition coefficient (Wildman–Crippen LogP) is 0.0779. The Morgan fingerprint density at radius 1 is 1.60 bits per heavy atom. The molecule has 1 spiro atoms. The van der Waals surface area contributed by atoms with Crippen molar-refractivity contribution in [1.29, 1.82) is 0 Å². The standard InChI is InChI=1S/C14H17NO5/c1-2-18-12(17)9-8-4-5-14(20-8)10(9)11(16)15-6-3-7-19-13(14)15/h4-5,8-10,13H,2-3,6-7H2,1H3/t8-,9+,10-,13+,14+/m1/s1. The second kappa shape index (κ2) is 4.05. The van der Waals surface area contributed by atoms with E-state index in [4.69, 9.17) is 14.2 Å². The summed E-state index contributed by atoms with van der Waals surface area (Å²) in [6, 6.07) is 0. The molecule has 4 heterocycles. The summed E-state index contributed by atoms with van der Waals surface area (Å²) in [6.07, 6.45) is 3.84. The summed E-state index contributed by atoms with van der Waals surface area (Å²) in [6.45, 7) is 3.36. The fourth-order valence-electron chi connectivity index (χ4n) is 3.96. The quantitative estimate of drug-likeness (QED) is 0.529. The van der Waals surface area contributed by atoms with Gasteiger partial charge in [-0.25, -0.2) is 0 Å². The Bertz CT molecular complexity index is 504. The molecule has 3 fully saturated rings. The van der Waals surface area contributed by atoms with Gasteiger partial charge in [0.25, 0.3) is 0 Å². The molecule has 5 atom stereocenters. The molecule has 0 radical (unpaired) electrons. The third-order valence-electron chi connectivity index (χ3n) is 4.68. The maximum atomic E-state index is 12.6. The molecule has 0 saturated carbocycles. The van der Waals surface area contributed by atoms with Crippen LogP contribution in [0.25, 0.3) is 0 Å². The number of carbonyl (C=O) groups is 2. The third-order valence-corrected chi connectivity index (χ3v) is 4.68. The van der Waals surface area contributed by atoms with Crippen molar-refractivity contribution in [2.75, 3.05) is 19.8 Å². The van der Waals surface area contributed by atoms with Crippen LogP contribution in [0, 0.1) is 11.8 Å². The van der Waals surface area contributed by atoms with Crippen molar-refractivity contribution >= 4 is 11.9 Å². The highest BCUT2D eigenvalue weighted by Crippen LogP contribution is 2.55. The van der Waals surface area contributed by atoms with Crippen LogP contribution < -0.4 is 0 Å². The van der Waals surface area contributed by atoms with E-state index < -0.39 is 23.7 Å². The molecule has 0 aromatic rings. The lowest BCUT2D eigenvalue weighted by Crippen LogP contribution is -2.49. The van der Waals surface area contributed by atoms with Crippen molar-refractivity contribution in [3.63, 3.8) is 0 Å². The average Bonchev–Trinajstić information content (AvgIpc) is 3.09. The van der Waals surface area contributed by atoms with Crippen LogP contribution in [-0.4, -0.2) is 54.5 Å². The van der Waals surface area contributed by atoms with Crippen LogP contribution >= 0.6 is 0 Å². The fourth-order valence-corrected chi connectivity index (χ4v) is 3.96. The van der Waals surface area contributed by atoms with E-state index in [-0.39, 0.29) is 18.0 Å². The Kier molecular flexibility index (Phi) is 2.50. The molecule has 1 amide bonds. The SMILES string of the molecule is CCOC(=O)[C@H]1[C@H]2C=C[C@@]3(O2)[C@@H]2OCCCN2C(=O)[C@@H]13. The van der Waals surface area contributed by atoms with Gasteiger partial charge >= 0.3 is 5.97 Å². The van der Waals surface area contributed by atoms with Crippen molar-refractivity contribution in [3.05, 3.63) is 12.2 Å². The molecular weight excluding hydrogens is 262 g/mol. The number of hydrogen-bond donors (Lipinski definition) is 0. The van der Waals surface area contributed by atoms with Gasteiger partial charge in [-0.1, -0.05) is 6.08 Å². The largest absolute Gasteiger partial charge is 0.466 e. The van der Waals surface area contributed by atoms with Gasteiger partial charge in [0.1, 0.15) is 11.5 Å². The number of ether oxygens (including phenoxy) is 3. The molecule has 0 aromatic carbocycles. The number of amides is 1. The zero-order valence-corrected chi connectivity index (χ0v) is 11.3. The molecule has 6 nitrogen and oxygen atoms in total. The van der Waals surface area contributed by atoms with Gasteiger partial charge in [-0.15, -0.1) is 0 Å². The van der Waals surface area contributed by atoms with Crippen molar-refractivity contribution < 1.29 is 23.8 Å². The third kappa shape index (κ3) is 1.31. The molecule has 3 saturated heterocycles. The van der Waals surface area contributed by atoms with Crippen LogP contribution in [0.2, 0.25) is 0 Å². The first kappa shape index (κ1) is 12.3. The smallest absolute Gasteiger partial charge is 0.312 e. The van der Waals surface area contributed by atoms with Gasteiger partial charge in [0.2, 0.25) is 5.91 Å². The highest BCUT2D eigenvalue weighted by Gasteiger charge is 2.72. The van der Waals surface area contributed by atoms with Crippen molar-refractivity contribution in [2.45, 2.75) is 31.3 Å². The Morgan fingerprint density at radius 3 is 3.25 bits per heavy atom. The van der Waals surface area contributed by atoms with Crippen molar-refractivity contribution in [1.82, 2.24) is 4.90 Å². The summed E-state index contributed by atoms with van der Waals surface area (Å²) in [7, 11) is 0. The highest BCUT2D eigenvalue weighted by atomic mass is 16.6. The lowest BCUT2D eigenvalue weighted by Gasteiger charge is -2.36. The number of carbonyl (C=O) groups excluding carboxylic acids is 2. The van der Waals surface area contributed by atoms with E-state index in [1.807, 2.05) is 12.2 Å². The normalized spacial score (nSPS) is 44.6. The molecule has 0 aliphatic carbocycles. The minimum Gasteiger partial charge on any atom is -0.466 e. The van der Waals surface area contributed by atoms with Crippen LogP contribution in [0.3, 0.4) is 0 Å². The monoisotopic (exact) mass is 279 g/mol. The number of rotatable bonds is 2. The van der Waals surface area contributed by atoms with Gasteiger partial charge in [-0.05, 0) is 19.4 Å². The first-order chi connectivity index (χ1) is 9.69. The van der Waals surface area contributed by atoms with E-state index in [2.05, 4.69) is 0 Å². The summed E-state index contributed by atoms with van der Waals surface area (Å²) in [5.41, 5.74) is -0.792. The Morgan fingerprint density at radius 2 is 2.45 bits per heavy atom. The minimum absolute atomic E-state index is 0.0420. The minimum atomic E-state index is -0.792. The van der Waals surface area contributed by atoms with Crippen LogP contribution in [-0.2, 0) is 23.8 Å². The zero-order valence-electron chi connectivity index (χ0n) is 11.3. The second-order valence-electron chi connectivity index (χ2n) is 5.66. The summed E-state index contributed by atoms with van der Waals surface area (Å²) in [5.74, 6) is -1.43. The number of fused-ring (bicyclic) bond motifs is 2. The van der Waals surface area contributed by atoms with Crippen LogP contribution in [0.5, 0.6) is 0 Å². The number of hydrogen-bond acceptors (Lipinski definition) is 5. The molecule has 0 aromatic heterocycles. The lowest BCUT2D eigenvalue weighted by molar-refractivity contribution is -0.168. The van der Waals surface area contributed by atoms with E-state index in [0.717, 1.165) is 6.42 Å². The van der Waals surface area contributed by atoms with E-state index in [1.165, 1.54) is 0 Å². The molecule has 0 unspecified atom stereocenters. The Labute approximate surface area is 116 Å². The number of nitrogens with zero attached hydrogens (tertiary/aromatic N) is 1. The van der Waals surface area contributed by atoms with Crippen LogP contribution in [0.15, 0.2) is 12.2 Å². The first-order valence-corrected chi connectivity index (χ1v) is 7.15. The van der Waals surface area contributed by atoms with Gasteiger partial charge in [0, 0.05) is 6.54 Å². The zero-order chi connectivity index (χ0) is 13.9. The molecule has 4 aliphatic heterocycles. The fraction of sp³-hybridized carbons (Fsp3) is 0.714. The maximum absolute atomic E-state index is 12.6. The van der Waals surface area contributed by atoms with Gasteiger partial charge in [0.15, 0.2) is 6.23 Å². The van der Waals surface area contributed by atoms with Crippen molar-refractivity contribution in [3.8, 4) is 0 Å². The topological polar surface area (TPSA) is 65.1 Å². The van der Waals surface area contributed by atoms with Gasteiger partial charge in [-0.2, -0.15) is 0 Å². The van der Waals surface area contributed by atoms with Gasteiger partial charge in [0.05, 0.1) is 25.2 Å². The summed E-state index contributed by atoms with van der Waals surface area (Å²) in [5, 5.41) is 0. The number of esters is 1. The van der Waals surface area contributed by atoms with Crippen molar-refractivity contribution in [2.24, 2.45) is 11.8 Å². The second-order valence-corrected chi connectivity index (χ2v) is 5.66. The predicted molar refractivity (Wildman–Crippen MR) is 66.4 cm³/mol. The van der Waals surface area contributed by atoms with Crippen LogP contribution in [0.1, 0.15) is 13.3 Å². The molecular formula is C14H17NO5. The lowest BCUT2D eigenvalue weighted by atomic mass is 9.76. The average molecular weight is 279 g/mol.